The van der Waals surface area contributed by atoms with E-state index in [1.807, 2.05) is 6.07 Å². The summed E-state index contributed by atoms with van der Waals surface area (Å²) in [4.78, 5) is 25.0. The van der Waals surface area contributed by atoms with Crippen LogP contribution in [0, 0.1) is 17.2 Å². The zero-order chi connectivity index (χ0) is 20.5. The van der Waals surface area contributed by atoms with Crippen molar-refractivity contribution in [1.82, 2.24) is 0 Å². The second-order valence-electron chi connectivity index (χ2n) is 7.83. The number of Topliss-reactive ketones (excluding diaryl/α,β-unsaturated/α-hetero) is 1. The van der Waals surface area contributed by atoms with Crippen LogP contribution in [0.5, 0.6) is 0 Å². The van der Waals surface area contributed by atoms with Gasteiger partial charge in [-0.1, -0.05) is 12.1 Å². The molecule has 146 valence electrons. The van der Waals surface area contributed by atoms with Gasteiger partial charge in [-0.05, 0) is 57.2 Å². The van der Waals surface area contributed by atoms with E-state index < -0.39 is 34.6 Å². The Labute approximate surface area is 156 Å². The van der Waals surface area contributed by atoms with Gasteiger partial charge in [0.15, 0.2) is 5.41 Å². The van der Waals surface area contributed by atoms with Gasteiger partial charge in [0.25, 0.3) is 0 Å². The Morgan fingerprint density at radius 1 is 1.22 bits per heavy atom. The minimum Gasteiger partial charge on any atom is -0.459 e. The number of rotatable bonds is 3. The summed E-state index contributed by atoms with van der Waals surface area (Å²) < 4.78 is 45.0. The molecule has 1 aromatic carbocycles. The molecule has 0 radical (unpaired) electrons. The molecule has 1 aliphatic rings. The first-order valence-electron chi connectivity index (χ1n) is 8.74. The topological polar surface area (TPSA) is 67.2 Å². The maximum atomic E-state index is 13.2. The number of hydrogen-bond donors (Lipinski definition) is 0. The van der Waals surface area contributed by atoms with Crippen LogP contribution in [0.25, 0.3) is 0 Å². The van der Waals surface area contributed by atoms with E-state index in [0.29, 0.717) is 19.3 Å². The molecule has 0 heterocycles. The third kappa shape index (κ3) is 4.49. The van der Waals surface area contributed by atoms with Gasteiger partial charge in [-0.25, -0.2) is 4.79 Å². The van der Waals surface area contributed by atoms with E-state index in [0.717, 1.165) is 12.1 Å². The van der Waals surface area contributed by atoms with E-state index in [-0.39, 0.29) is 17.8 Å². The van der Waals surface area contributed by atoms with Crippen LogP contribution in [-0.4, -0.2) is 17.4 Å². The fraction of sp³-hybridized carbons (Fsp3) is 0.550. The molecule has 27 heavy (non-hydrogen) atoms. The summed E-state index contributed by atoms with van der Waals surface area (Å²) in [6.45, 7) is 4.85. The Hall–Kier alpha value is -2.36. The average Bonchev–Trinajstić information content (AvgIpc) is 2.54. The summed E-state index contributed by atoms with van der Waals surface area (Å²) in [6.07, 6.45) is -3.45. The van der Waals surface area contributed by atoms with Crippen LogP contribution in [0.3, 0.4) is 0 Å². The zero-order valence-electron chi connectivity index (χ0n) is 15.5. The fourth-order valence-electron chi connectivity index (χ4n) is 3.42. The lowest BCUT2D eigenvalue weighted by Gasteiger charge is -2.37. The molecule has 2 unspecified atom stereocenters. The van der Waals surface area contributed by atoms with E-state index in [4.69, 9.17) is 4.74 Å². The maximum Gasteiger partial charge on any atom is 0.416 e. The molecular weight excluding hydrogens is 359 g/mol. The van der Waals surface area contributed by atoms with Crippen molar-refractivity contribution in [1.29, 1.82) is 5.26 Å². The minimum absolute atomic E-state index is 0.0386. The van der Waals surface area contributed by atoms with Gasteiger partial charge >= 0.3 is 12.1 Å². The third-order valence-corrected chi connectivity index (χ3v) is 4.64. The Morgan fingerprint density at radius 3 is 2.37 bits per heavy atom. The highest BCUT2D eigenvalue weighted by molar-refractivity contribution is 5.89. The predicted molar refractivity (Wildman–Crippen MR) is 91.5 cm³/mol. The van der Waals surface area contributed by atoms with Crippen molar-refractivity contribution in [2.24, 2.45) is 5.92 Å². The van der Waals surface area contributed by atoms with Gasteiger partial charge in [-0.3, -0.25) is 4.79 Å². The molecule has 0 amide bonds. The first-order chi connectivity index (χ1) is 12.4. The largest absolute Gasteiger partial charge is 0.459 e. The van der Waals surface area contributed by atoms with Crippen molar-refractivity contribution in [2.75, 3.05) is 0 Å². The van der Waals surface area contributed by atoms with Crippen LogP contribution >= 0.6 is 0 Å². The zero-order valence-corrected chi connectivity index (χ0v) is 15.5. The normalized spacial score (nSPS) is 20.5. The van der Waals surface area contributed by atoms with Gasteiger partial charge < -0.3 is 4.74 Å². The molecule has 1 aromatic rings. The van der Waals surface area contributed by atoms with Crippen LogP contribution in [0.15, 0.2) is 24.3 Å². The second kappa shape index (κ2) is 7.34. The summed E-state index contributed by atoms with van der Waals surface area (Å²) in [5, 5.41) is 9.99. The number of esters is 1. The van der Waals surface area contributed by atoms with E-state index in [9.17, 15) is 28.0 Å². The SMILES string of the molecule is CC(C)(C)OC(=O)C(C#N)(c1cccc(C(F)(F)F)c1)C1CCCC(=O)C1. The summed E-state index contributed by atoms with van der Waals surface area (Å²) in [7, 11) is 0. The highest BCUT2D eigenvalue weighted by Crippen LogP contribution is 2.43. The van der Waals surface area contributed by atoms with E-state index in [2.05, 4.69) is 0 Å². The van der Waals surface area contributed by atoms with Gasteiger partial charge in [0, 0.05) is 12.8 Å². The van der Waals surface area contributed by atoms with Crippen LogP contribution in [0.2, 0.25) is 0 Å². The number of nitrogens with zero attached hydrogens (tertiary/aromatic N) is 1. The van der Waals surface area contributed by atoms with Crippen LogP contribution < -0.4 is 0 Å². The van der Waals surface area contributed by atoms with Crippen molar-refractivity contribution < 1.29 is 27.5 Å². The molecule has 0 saturated heterocycles. The van der Waals surface area contributed by atoms with Crippen molar-refractivity contribution in [3.63, 3.8) is 0 Å². The first kappa shape index (κ1) is 20.9. The van der Waals surface area contributed by atoms with Crippen molar-refractivity contribution in [3.05, 3.63) is 35.4 Å². The van der Waals surface area contributed by atoms with Gasteiger partial charge in [0.1, 0.15) is 11.4 Å². The van der Waals surface area contributed by atoms with Gasteiger partial charge in [-0.15, -0.1) is 0 Å². The third-order valence-electron chi connectivity index (χ3n) is 4.64. The summed E-state index contributed by atoms with van der Waals surface area (Å²) in [6, 6.07) is 6.11. The monoisotopic (exact) mass is 381 g/mol. The summed E-state index contributed by atoms with van der Waals surface area (Å²) in [5.41, 5.74) is -3.94. The number of hydrogen-bond acceptors (Lipinski definition) is 4. The molecule has 1 saturated carbocycles. The quantitative estimate of drug-likeness (QED) is 0.720. The van der Waals surface area contributed by atoms with Crippen molar-refractivity contribution in [3.8, 4) is 6.07 Å². The number of carbonyl (C=O) groups excluding carboxylic acids is 2. The van der Waals surface area contributed by atoms with E-state index in [1.54, 1.807) is 20.8 Å². The van der Waals surface area contributed by atoms with Crippen LogP contribution in [0.1, 0.15) is 57.6 Å². The molecule has 0 aliphatic heterocycles. The lowest BCUT2D eigenvalue weighted by atomic mass is 9.65. The number of halogens is 3. The van der Waals surface area contributed by atoms with Gasteiger partial charge in [0.05, 0.1) is 11.6 Å². The highest BCUT2D eigenvalue weighted by atomic mass is 19.4. The Kier molecular flexibility index (Phi) is 5.69. The molecule has 0 spiro atoms. The van der Waals surface area contributed by atoms with Crippen molar-refractivity contribution >= 4 is 11.8 Å². The van der Waals surface area contributed by atoms with E-state index >= 15 is 0 Å². The Bertz CT molecular complexity index is 774. The van der Waals surface area contributed by atoms with Crippen LogP contribution in [0.4, 0.5) is 13.2 Å². The van der Waals surface area contributed by atoms with Gasteiger partial charge in [-0.2, -0.15) is 18.4 Å². The lowest BCUT2D eigenvalue weighted by Crippen LogP contribution is -2.47. The maximum absolute atomic E-state index is 13.2. The second-order valence-corrected chi connectivity index (χ2v) is 7.83. The molecule has 1 fully saturated rings. The molecule has 4 nitrogen and oxygen atoms in total. The highest BCUT2D eigenvalue weighted by Gasteiger charge is 2.52. The van der Waals surface area contributed by atoms with Gasteiger partial charge in [0.2, 0.25) is 0 Å². The minimum atomic E-state index is -4.62. The summed E-state index contributed by atoms with van der Waals surface area (Å²) in [5.74, 6) is -1.76. The lowest BCUT2D eigenvalue weighted by molar-refractivity contribution is -0.162. The van der Waals surface area contributed by atoms with Crippen LogP contribution in [-0.2, 0) is 25.9 Å². The Morgan fingerprint density at radius 2 is 1.85 bits per heavy atom. The molecule has 0 bridgehead atoms. The number of nitriles is 1. The number of benzene rings is 1. The predicted octanol–water partition coefficient (Wildman–Crippen LogP) is 4.57. The summed E-state index contributed by atoms with van der Waals surface area (Å²) >= 11 is 0. The molecule has 2 rings (SSSR count). The smallest absolute Gasteiger partial charge is 0.416 e. The number of ketones is 1. The number of alkyl halides is 3. The molecule has 1 aliphatic carbocycles. The molecule has 0 aromatic heterocycles. The fourth-order valence-corrected chi connectivity index (χ4v) is 3.42. The standard InChI is InChI=1S/C20H22F3NO3/c1-18(2,3)27-17(26)19(12-24,14-7-5-9-16(25)11-14)13-6-4-8-15(10-13)20(21,22)23/h4,6,8,10,14H,5,7,9,11H2,1-3H3. The number of carbonyl (C=O) groups is 2. The molecule has 0 N–H and O–H groups in total. The number of ether oxygens (including phenoxy) is 1. The molecular formula is C20H22F3NO3. The van der Waals surface area contributed by atoms with E-state index in [1.165, 1.54) is 12.1 Å². The average molecular weight is 381 g/mol. The first-order valence-corrected chi connectivity index (χ1v) is 8.74. The van der Waals surface area contributed by atoms with Crippen molar-refractivity contribution in [2.45, 2.75) is 63.6 Å². The molecule has 7 heteroatoms. The molecule has 2 atom stereocenters. The Balaban J connectivity index is 2.63.